The number of hydrogen-bond donors (Lipinski definition) is 3. The van der Waals surface area contributed by atoms with Gasteiger partial charge in [0.05, 0.1) is 0 Å². The summed E-state index contributed by atoms with van der Waals surface area (Å²) in [6, 6.07) is 6.85. The van der Waals surface area contributed by atoms with Gasteiger partial charge in [-0.1, -0.05) is 17.7 Å². The predicted octanol–water partition coefficient (Wildman–Crippen LogP) is 1.18. The van der Waals surface area contributed by atoms with Crippen LogP contribution in [0.15, 0.2) is 24.3 Å². The topological polar surface area (TPSA) is 70.2 Å². The van der Waals surface area contributed by atoms with Crippen LogP contribution in [-0.4, -0.2) is 50.0 Å². The average Bonchev–Trinajstić information content (AvgIpc) is 2.51. The van der Waals surface area contributed by atoms with E-state index in [0.717, 1.165) is 11.3 Å². The van der Waals surface area contributed by atoms with Crippen LogP contribution >= 0.6 is 11.8 Å². The van der Waals surface area contributed by atoms with E-state index < -0.39 is 6.04 Å². The fraction of sp³-hybridized carbons (Fsp3) is 0.500. The molecule has 1 atom stereocenters. The molecule has 1 aromatic rings. The SMILES string of the molecule is CNCCNC(=O)C(CCSC)NC(=O)c1cccc(C)c1. The summed E-state index contributed by atoms with van der Waals surface area (Å²) in [6.07, 6.45) is 2.60. The highest BCUT2D eigenvalue weighted by Crippen LogP contribution is 2.06. The second-order valence-electron chi connectivity index (χ2n) is 5.07. The van der Waals surface area contributed by atoms with Gasteiger partial charge in [-0.15, -0.1) is 0 Å². The lowest BCUT2D eigenvalue weighted by atomic mass is 10.1. The monoisotopic (exact) mass is 323 g/mol. The van der Waals surface area contributed by atoms with Crippen LogP contribution in [0.2, 0.25) is 0 Å². The molecule has 0 saturated carbocycles. The number of carbonyl (C=O) groups excluding carboxylic acids is 2. The maximum Gasteiger partial charge on any atom is 0.251 e. The number of likely N-dealkylation sites (N-methyl/N-ethyl adjacent to an activating group) is 1. The van der Waals surface area contributed by atoms with Gasteiger partial charge in [0, 0.05) is 18.7 Å². The Hall–Kier alpha value is -1.53. The number of thioether (sulfide) groups is 1. The van der Waals surface area contributed by atoms with Gasteiger partial charge >= 0.3 is 0 Å². The molecule has 0 aromatic heterocycles. The lowest BCUT2D eigenvalue weighted by molar-refractivity contribution is -0.122. The molecule has 6 heteroatoms. The molecule has 1 aromatic carbocycles. The average molecular weight is 323 g/mol. The molecule has 0 aliphatic carbocycles. The van der Waals surface area contributed by atoms with E-state index in [1.807, 2.05) is 38.4 Å². The largest absolute Gasteiger partial charge is 0.353 e. The van der Waals surface area contributed by atoms with Crippen LogP contribution in [0, 0.1) is 6.92 Å². The van der Waals surface area contributed by atoms with Gasteiger partial charge in [-0.3, -0.25) is 9.59 Å². The van der Waals surface area contributed by atoms with Crippen LogP contribution in [-0.2, 0) is 4.79 Å². The van der Waals surface area contributed by atoms with Crippen molar-refractivity contribution >= 4 is 23.6 Å². The van der Waals surface area contributed by atoms with Crippen LogP contribution in [0.25, 0.3) is 0 Å². The molecule has 0 aliphatic rings. The molecule has 0 spiro atoms. The summed E-state index contributed by atoms with van der Waals surface area (Å²) >= 11 is 1.66. The normalized spacial score (nSPS) is 11.8. The van der Waals surface area contributed by atoms with Crippen molar-refractivity contribution in [2.24, 2.45) is 0 Å². The van der Waals surface area contributed by atoms with E-state index in [1.165, 1.54) is 0 Å². The van der Waals surface area contributed by atoms with Crippen molar-refractivity contribution in [3.8, 4) is 0 Å². The van der Waals surface area contributed by atoms with Gasteiger partial charge < -0.3 is 16.0 Å². The first kappa shape index (κ1) is 18.5. The van der Waals surface area contributed by atoms with E-state index in [2.05, 4.69) is 16.0 Å². The van der Waals surface area contributed by atoms with Gasteiger partial charge in [0.2, 0.25) is 5.91 Å². The van der Waals surface area contributed by atoms with Gasteiger partial charge in [0.1, 0.15) is 6.04 Å². The van der Waals surface area contributed by atoms with E-state index in [-0.39, 0.29) is 11.8 Å². The lowest BCUT2D eigenvalue weighted by Gasteiger charge is -2.18. The van der Waals surface area contributed by atoms with Crippen molar-refractivity contribution in [3.05, 3.63) is 35.4 Å². The molecule has 0 saturated heterocycles. The Bertz CT molecular complexity index is 494. The maximum atomic E-state index is 12.3. The first-order valence-corrected chi connectivity index (χ1v) is 8.76. The predicted molar refractivity (Wildman–Crippen MR) is 92.4 cm³/mol. The van der Waals surface area contributed by atoms with Crippen molar-refractivity contribution in [1.29, 1.82) is 0 Å². The first-order valence-electron chi connectivity index (χ1n) is 7.37. The van der Waals surface area contributed by atoms with E-state index in [9.17, 15) is 9.59 Å². The second-order valence-corrected chi connectivity index (χ2v) is 6.06. The molecule has 1 rings (SSSR count). The highest BCUT2D eigenvalue weighted by Gasteiger charge is 2.20. The molecular formula is C16H25N3O2S. The van der Waals surface area contributed by atoms with Gasteiger partial charge in [-0.05, 0) is 44.5 Å². The van der Waals surface area contributed by atoms with Crippen LogP contribution in [0.4, 0.5) is 0 Å². The molecule has 122 valence electrons. The Morgan fingerprint density at radius 3 is 2.68 bits per heavy atom. The highest BCUT2D eigenvalue weighted by molar-refractivity contribution is 7.98. The summed E-state index contributed by atoms with van der Waals surface area (Å²) in [6.45, 7) is 3.19. The standard InChI is InChI=1S/C16H25N3O2S/c1-12-5-4-6-13(11-12)15(20)19-14(7-10-22-3)16(21)18-9-8-17-2/h4-6,11,14,17H,7-10H2,1-3H3,(H,18,21)(H,19,20). The Labute approximate surface area is 136 Å². The molecule has 5 nitrogen and oxygen atoms in total. The molecule has 0 bridgehead atoms. The minimum Gasteiger partial charge on any atom is -0.353 e. The molecule has 0 fully saturated rings. The summed E-state index contributed by atoms with van der Waals surface area (Å²) in [4.78, 5) is 24.5. The smallest absolute Gasteiger partial charge is 0.251 e. The van der Waals surface area contributed by atoms with Crippen molar-refractivity contribution in [2.45, 2.75) is 19.4 Å². The quantitative estimate of drug-likeness (QED) is 0.597. The van der Waals surface area contributed by atoms with E-state index in [1.54, 1.807) is 17.8 Å². The number of rotatable bonds is 9. The third-order valence-electron chi connectivity index (χ3n) is 3.19. The molecular weight excluding hydrogens is 298 g/mol. The third-order valence-corrected chi connectivity index (χ3v) is 3.83. The van der Waals surface area contributed by atoms with Crippen LogP contribution in [0.5, 0.6) is 0 Å². The first-order chi connectivity index (χ1) is 10.6. The zero-order chi connectivity index (χ0) is 16.4. The van der Waals surface area contributed by atoms with Crippen LogP contribution < -0.4 is 16.0 Å². The Balaban J connectivity index is 2.66. The maximum absolute atomic E-state index is 12.3. The highest BCUT2D eigenvalue weighted by atomic mass is 32.2. The van der Waals surface area contributed by atoms with E-state index in [0.29, 0.717) is 25.1 Å². The molecule has 2 amide bonds. The van der Waals surface area contributed by atoms with Crippen molar-refractivity contribution in [3.63, 3.8) is 0 Å². The fourth-order valence-electron chi connectivity index (χ4n) is 1.97. The summed E-state index contributed by atoms with van der Waals surface area (Å²) < 4.78 is 0. The minimum absolute atomic E-state index is 0.134. The van der Waals surface area contributed by atoms with Gasteiger partial charge in [-0.2, -0.15) is 11.8 Å². The van der Waals surface area contributed by atoms with Crippen molar-refractivity contribution in [2.75, 3.05) is 32.1 Å². The Morgan fingerprint density at radius 1 is 1.27 bits per heavy atom. The number of nitrogens with one attached hydrogen (secondary N) is 3. The number of hydrogen-bond acceptors (Lipinski definition) is 4. The molecule has 0 radical (unpaired) electrons. The summed E-state index contributed by atoms with van der Waals surface area (Å²) in [7, 11) is 1.83. The number of benzene rings is 1. The van der Waals surface area contributed by atoms with Gasteiger partial charge in [-0.25, -0.2) is 0 Å². The number of carbonyl (C=O) groups is 2. The van der Waals surface area contributed by atoms with Crippen molar-refractivity contribution in [1.82, 2.24) is 16.0 Å². The molecule has 22 heavy (non-hydrogen) atoms. The van der Waals surface area contributed by atoms with Gasteiger partial charge in [0.25, 0.3) is 5.91 Å². The summed E-state index contributed by atoms with van der Waals surface area (Å²) in [5.41, 5.74) is 1.60. The fourth-order valence-corrected chi connectivity index (χ4v) is 2.44. The van der Waals surface area contributed by atoms with E-state index >= 15 is 0 Å². The minimum atomic E-state index is -0.502. The molecule has 1 unspecified atom stereocenters. The zero-order valence-corrected chi connectivity index (χ0v) is 14.3. The zero-order valence-electron chi connectivity index (χ0n) is 13.4. The molecule has 0 heterocycles. The second kappa shape index (κ2) is 10.2. The molecule has 0 aliphatic heterocycles. The third kappa shape index (κ3) is 6.49. The summed E-state index contributed by atoms with van der Waals surface area (Å²) in [5.74, 6) is 0.474. The Kier molecular flexibility index (Phi) is 8.62. The number of amides is 2. The molecule has 3 N–H and O–H groups in total. The Morgan fingerprint density at radius 2 is 2.05 bits per heavy atom. The lowest BCUT2D eigenvalue weighted by Crippen LogP contribution is -2.48. The van der Waals surface area contributed by atoms with E-state index in [4.69, 9.17) is 0 Å². The number of aryl methyl sites for hydroxylation is 1. The van der Waals surface area contributed by atoms with Crippen molar-refractivity contribution < 1.29 is 9.59 Å². The van der Waals surface area contributed by atoms with Crippen LogP contribution in [0.3, 0.4) is 0 Å². The summed E-state index contributed by atoms with van der Waals surface area (Å²) in [5, 5.41) is 8.64. The van der Waals surface area contributed by atoms with Crippen LogP contribution in [0.1, 0.15) is 22.3 Å². The van der Waals surface area contributed by atoms with Gasteiger partial charge in [0.15, 0.2) is 0 Å².